The molecule has 2 N–H and O–H groups in total. The molecule has 0 saturated heterocycles. The number of benzene rings is 2. The maximum atomic E-state index is 14.6. The van der Waals surface area contributed by atoms with E-state index in [9.17, 15) is 17.6 Å². The molecule has 0 aliphatic carbocycles. The topological polar surface area (TPSA) is 54.8 Å². The van der Waals surface area contributed by atoms with Crippen LogP contribution in [-0.2, 0) is 0 Å². The van der Waals surface area contributed by atoms with E-state index < -0.39 is 24.1 Å². The SMILES string of the molecule is Cc1cc(NCCCF)c(F)c(Nc2ncn(-c3cc(F)cc(F)c3)n2)c1. The Bertz CT molecular complexity index is 921. The fourth-order valence-corrected chi connectivity index (χ4v) is 2.52. The third-order valence-electron chi connectivity index (χ3n) is 3.69. The number of anilines is 3. The Balaban J connectivity index is 1.82. The van der Waals surface area contributed by atoms with E-state index in [4.69, 9.17) is 0 Å². The van der Waals surface area contributed by atoms with Crippen molar-refractivity contribution in [2.75, 3.05) is 23.9 Å². The van der Waals surface area contributed by atoms with Crippen LogP contribution < -0.4 is 10.6 Å². The van der Waals surface area contributed by atoms with Crippen molar-refractivity contribution in [3.8, 4) is 5.69 Å². The largest absolute Gasteiger partial charge is 0.383 e. The number of hydrogen-bond acceptors (Lipinski definition) is 4. The van der Waals surface area contributed by atoms with Crippen molar-refractivity contribution >= 4 is 17.3 Å². The highest BCUT2D eigenvalue weighted by atomic mass is 19.1. The van der Waals surface area contributed by atoms with Gasteiger partial charge in [0.05, 0.1) is 23.7 Å². The lowest BCUT2D eigenvalue weighted by Crippen LogP contribution is -2.07. The Kier molecular flexibility index (Phi) is 5.58. The Morgan fingerprint density at radius 2 is 1.70 bits per heavy atom. The number of hydrogen-bond donors (Lipinski definition) is 2. The quantitative estimate of drug-likeness (QED) is 0.469. The number of nitrogens with one attached hydrogen (secondary N) is 2. The van der Waals surface area contributed by atoms with Gasteiger partial charge >= 0.3 is 0 Å². The predicted molar refractivity (Wildman–Crippen MR) is 94.8 cm³/mol. The highest BCUT2D eigenvalue weighted by molar-refractivity contribution is 5.64. The van der Waals surface area contributed by atoms with E-state index in [0.717, 1.165) is 23.8 Å². The summed E-state index contributed by atoms with van der Waals surface area (Å²) < 4.78 is 54.7. The van der Waals surface area contributed by atoms with Gasteiger partial charge in [-0.25, -0.2) is 17.9 Å². The minimum Gasteiger partial charge on any atom is -0.383 e. The first-order valence-corrected chi connectivity index (χ1v) is 8.21. The van der Waals surface area contributed by atoms with Crippen LogP contribution in [0.2, 0.25) is 0 Å². The zero-order valence-electron chi connectivity index (χ0n) is 14.4. The molecule has 0 bridgehead atoms. The molecule has 0 unspecified atom stereocenters. The third-order valence-corrected chi connectivity index (χ3v) is 3.69. The van der Waals surface area contributed by atoms with Gasteiger partial charge in [-0.05, 0) is 43.2 Å². The highest BCUT2D eigenvalue weighted by Gasteiger charge is 2.12. The van der Waals surface area contributed by atoms with Crippen LogP contribution in [0.15, 0.2) is 36.7 Å². The monoisotopic (exact) mass is 379 g/mol. The first-order valence-electron chi connectivity index (χ1n) is 8.21. The molecule has 0 radical (unpaired) electrons. The molecule has 0 atom stereocenters. The van der Waals surface area contributed by atoms with E-state index in [0.29, 0.717) is 6.54 Å². The van der Waals surface area contributed by atoms with Crippen LogP contribution in [0.3, 0.4) is 0 Å². The van der Waals surface area contributed by atoms with E-state index in [-0.39, 0.29) is 29.4 Å². The van der Waals surface area contributed by atoms with Gasteiger partial charge in [0.25, 0.3) is 0 Å². The van der Waals surface area contributed by atoms with E-state index in [2.05, 4.69) is 20.7 Å². The molecule has 0 saturated carbocycles. The van der Waals surface area contributed by atoms with Gasteiger partial charge in [-0.2, -0.15) is 4.98 Å². The molecule has 0 spiro atoms. The molecule has 1 heterocycles. The fraction of sp³-hybridized carbons (Fsp3) is 0.222. The van der Waals surface area contributed by atoms with Crippen molar-refractivity contribution in [3.63, 3.8) is 0 Å². The van der Waals surface area contributed by atoms with Gasteiger partial charge in [0.15, 0.2) is 5.82 Å². The first kappa shape index (κ1) is 18.7. The molecule has 3 rings (SSSR count). The van der Waals surface area contributed by atoms with Crippen LogP contribution in [0, 0.1) is 24.4 Å². The first-order chi connectivity index (χ1) is 13.0. The van der Waals surface area contributed by atoms with Crippen LogP contribution in [0.1, 0.15) is 12.0 Å². The molecule has 0 aliphatic heterocycles. The number of halogens is 4. The van der Waals surface area contributed by atoms with Gasteiger partial charge in [0.1, 0.15) is 18.0 Å². The lowest BCUT2D eigenvalue weighted by Gasteiger charge is -2.12. The zero-order valence-corrected chi connectivity index (χ0v) is 14.4. The van der Waals surface area contributed by atoms with Crippen LogP contribution >= 0.6 is 0 Å². The Morgan fingerprint density at radius 3 is 2.41 bits per heavy atom. The summed E-state index contributed by atoms with van der Waals surface area (Å²) in [6, 6.07) is 6.13. The second-order valence-corrected chi connectivity index (χ2v) is 5.91. The van der Waals surface area contributed by atoms with Crippen molar-refractivity contribution in [1.29, 1.82) is 0 Å². The van der Waals surface area contributed by atoms with E-state index in [1.54, 1.807) is 19.1 Å². The number of rotatable bonds is 7. The second-order valence-electron chi connectivity index (χ2n) is 5.91. The number of nitrogens with zero attached hydrogens (tertiary/aromatic N) is 3. The molecule has 1 aromatic heterocycles. The van der Waals surface area contributed by atoms with Crippen molar-refractivity contribution in [2.24, 2.45) is 0 Å². The average Bonchev–Trinajstić information content (AvgIpc) is 3.07. The minimum absolute atomic E-state index is 0.0545. The molecule has 0 aliphatic rings. The smallest absolute Gasteiger partial charge is 0.247 e. The van der Waals surface area contributed by atoms with E-state index >= 15 is 0 Å². The molecular formula is C18H17F4N5. The Labute approximate surface area is 153 Å². The minimum atomic E-state index is -0.747. The summed E-state index contributed by atoms with van der Waals surface area (Å²) in [5.41, 5.74) is 1.28. The van der Waals surface area contributed by atoms with Crippen molar-refractivity contribution in [2.45, 2.75) is 13.3 Å². The molecule has 142 valence electrons. The van der Waals surface area contributed by atoms with Crippen LogP contribution in [0.4, 0.5) is 34.9 Å². The van der Waals surface area contributed by atoms with E-state index in [1.807, 2.05) is 0 Å². The number of aryl methyl sites for hydroxylation is 1. The lowest BCUT2D eigenvalue weighted by atomic mass is 10.1. The van der Waals surface area contributed by atoms with Crippen LogP contribution in [-0.4, -0.2) is 28.0 Å². The van der Waals surface area contributed by atoms with Crippen molar-refractivity contribution in [1.82, 2.24) is 14.8 Å². The average molecular weight is 379 g/mol. The highest BCUT2D eigenvalue weighted by Crippen LogP contribution is 2.27. The molecule has 5 nitrogen and oxygen atoms in total. The van der Waals surface area contributed by atoms with Crippen molar-refractivity contribution < 1.29 is 17.6 Å². The molecule has 2 aromatic carbocycles. The summed E-state index contributed by atoms with van der Waals surface area (Å²) in [5.74, 6) is -2.00. The summed E-state index contributed by atoms with van der Waals surface area (Å²) >= 11 is 0. The van der Waals surface area contributed by atoms with Gasteiger partial charge < -0.3 is 10.6 Å². The van der Waals surface area contributed by atoms with Gasteiger partial charge in [-0.3, -0.25) is 4.39 Å². The number of aromatic nitrogens is 3. The van der Waals surface area contributed by atoms with Crippen molar-refractivity contribution in [3.05, 3.63) is 59.7 Å². The Morgan fingerprint density at radius 1 is 1.00 bits per heavy atom. The molecular weight excluding hydrogens is 362 g/mol. The van der Waals surface area contributed by atoms with Gasteiger partial charge in [-0.1, -0.05) is 0 Å². The standard InChI is InChI=1S/C18H17F4N5/c1-11-5-15(23-4-2-3-19)17(22)16(6-11)25-18-24-10-27(26-18)14-8-12(20)7-13(21)9-14/h5-10,23H,2-4H2,1H3,(H,25,26). The summed E-state index contributed by atoms with van der Waals surface area (Å²) in [4.78, 5) is 3.98. The van der Waals surface area contributed by atoms with Gasteiger partial charge in [-0.15, -0.1) is 5.10 Å². The molecule has 0 fully saturated rings. The summed E-state index contributed by atoms with van der Waals surface area (Å²) in [7, 11) is 0. The Hall–Kier alpha value is -3.10. The summed E-state index contributed by atoms with van der Waals surface area (Å²) in [6.07, 6.45) is 1.52. The molecule has 0 amide bonds. The molecule has 27 heavy (non-hydrogen) atoms. The zero-order chi connectivity index (χ0) is 19.4. The maximum Gasteiger partial charge on any atom is 0.247 e. The molecule has 9 heteroatoms. The van der Waals surface area contributed by atoms with E-state index in [1.165, 1.54) is 11.0 Å². The maximum absolute atomic E-state index is 14.6. The summed E-state index contributed by atoms with van der Waals surface area (Å²) in [5, 5.41) is 9.64. The lowest BCUT2D eigenvalue weighted by molar-refractivity contribution is 0.480. The summed E-state index contributed by atoms with van der Waals surface area (Å²) in [6.45, 7) is 1.59. The predicted octanol–water partition coefficient (Wildman–Crippen LogP) is 4.51. The van der Waals surface area contributed by atoms with Gasteiger partial charge in [0.2, 0.25) is 5.95 Å². The van der Waals surface area contributed by atoms with Crippen LogP contribution in [0.25, 0.3) is 5.69 Å². The fourth-order valence-electron chi connectivity index (χ4n) is 2.52. The van der Waals surface area contributed by atoms with Gasteiger partial charge in [0, 0.05) is 12.6 Å². The van der Waals surface area contributed by atoms with Crippen LogP contribution in [0.5, 0.6) is 0 Å². The normalized spacial score (nSPS) is 10.9. The number of alkyl halides is 1. The second kappa shape index (κ2) is 8.07. The molecule has 3 aromatic rings. The third kappa shape index (κ3) is 4.55.